The van der Waals surface area contributed by atoms with E-state index in [2.05, 4.69) is 5.32 Å². The minimum atomic E-state index is -1.27. The number of rotatable bonds is 3. The van der Waals surface area contributed by atoms with Crippen LogP contribution in [-0.2, 0) is 4.79 Å². The number of amides is 1. The molecule has 1 rings (SSSR count). The summed E-state index contributed by atoms with van der Waals surface area (Å²) in [5, 5.41) is 19.7. The third-order valence-corrected chi connectivity index (χ3v) is 2.05. The van der Waals surface area contributed by atoms with Gasteiger partial charge in [-0.3, -0.25) is 4.79 Å². The highest BCUT2D eigenvalue weighted by Crippen LogP contribution is 2.21. The molecule has 3 N–H and O–H groups in total. The van der Waals surface area contributed by atoms with E-state index in [1.54, 1.807) is 0 Å². The van der Waals surface area contributed by atoms with Gasteiger partial charge in [0, 0.05) is 5.69 Å². The van der Waals surface area contributed by atoms with Gasteiger partial charge in [0.1, 0.15) is 16.7 Å². The Labute approximate surface area is 96.7 Å². The highest BCUT2D eigenvalue weighted by atomic mass is 35.5. The SMILES string of the molecule is CC(Cl)C(=O)Nc1ccc(O)c(C(=O)O)c1. The number of nitrogens with one attached hydrogen (secondary N) is 1. The molecule has 0 aliphatic rings. The van der Waals surface area contributed by atoms with Crippen molar-refractivity contribution in [1.82, 2.24) is 0 Å². The molecule has 1 unspecified atom stereocenters. The Bertz CT molecular complexity index is 431. The van der Waals surface area contributed by atoms with Gasteiger partial charge >= 0.3 is 5.97 Å². The Hall–Kier alpha value is -1.75. The van der Waals surface area contributed by atoms with Crippen molar-refractivity contribution < 1.29 is 19.8 Å². The summed E-state index contributed by atoms with van der Waals surface area (Å²) in [7, 11) is 0. The molecule has 5 nitrogen and oxygen atoms in total. The fourth-order valence-corrected chi connectivity index (χ4v) is 1.08. The molecule has 0 bridgehead atoms. The van der Waals surface area contributed by atoms with Crippen molar-refractivity contribution >= 4 is 29.2 Å². The highest BCUT2D eigenvalue weighted by molar-refractivity contribution is 6.32. The summed E-state index contributed by atoms with van der Waals surface area (Å²) in [6.45, 7) is 1.50. The number of carboxylic acids is 1. The van der Waals surface area contributed by atoms with Crippen LogP contribution in [0.25, 0.3) is 0 Å². The summed E-state index contributed by atoms with van der Waals surface area (Å²) < 4.78 is 0. The smallest absolute Gasteiger partial charge is 0.339 e. The number of hydrogen-bond donors (Lipinski definition) is 3. The maximum Gasteiger partial charge on any atom is 0.339 e. The molecule has 0 aliphatic heterocycles. The predicted molar refractivity (Wildman–Crippen MR) is 59.0 cm³/mol. The van der Waals surface area contributed by atoms with Crippen molar-refractivity contribution in [2.75, 3.05) is 5.32 Å². The first-order valence-corrected chi connectivity index (χ1v) is 4.86. The lowest BCUT2D eigenvalue weighted by Crippen LogP contribution is -2.20. The third kappa shape index (κ3) is 2.87. The first kappa shape index (κ1) is 12.3. The van der Waals surface area contributed by atoms with Crippen molar-refractivity contribution in [2.24, 2.45) is 0 Å². The Kier molecular flexibility index (Phi) is 3.73. The lowest BCUT2D eigenvalue weighted by molar-refractivity contribution is -0.115. The van der Waals surface area contributed by atoms with Gasteiger partial charge in [-0.1, -0.05) is 0 Å². The number of carbonyl (C=O) groups is 2. The van der Waals surface area contributed by atoms with Crippen molar-refractivity contribution in [3.8, 4) is 5.75 Å². The van der Waals surface area contributed by atoms with Gasteiger partial charge in [0.25, 0.3) is 0 Å². The molecule has 0 spiro atoms. The first-order valence-electron chi connectivity index (χ1n) is 4.43. The standard InChI is InChI=1S/C10H10ClNO4/c1-5(11)9(14)12-6-2-3-8(13)7(4-6)10(15)16/h2-5,13H,1H3,(H,12,14)(H,15,16). The van der Waals surface area contributed by atoms with Gasteiger partial charge in [-0.2, -0.15) is 0 Å². The molecule has 0 saturated heterocycles. The molecule has 86 valence electrons. The molecule has 0 aromatic heterocycles. The summed E-state index contributed by atoms with van der Waals surface area (Å²) in [6.07, 6.45) is 0. The number of carbonyl (C=O) groups excluding carboxylic acids is 1. The number of carboxylic acid groups (broad SMARTS) is 1. The number of halogens is 1. The maximum absolute atomic E-state index is 11.2. The van der Waals surface area contributed by atoms with Gasteiger partial charge < -0.3 is 15.5 Å². The summed E-state index contributed by atoms with van der Waals surface area (Å²) >= 11 is 5.53. The van der Waals surface area contributed by atoms with Crippen LogP contribution in [0.2, 0.25) is 0 Å². The molecule has 0 fully saturated rings. The molecular formula is C10H10ClNO4. The second-order valence-electron chi connectivity index (χ2n) is 3.14. The van der Waals surface area contributed by atoms with E-state index in [9.17, 15) is 14.7 Å². The van der Waals surface area contributed by atoms with Crippen LogP contribution in [0.15, 0.2) is 18.2 Å². The molecule has 1 amide bonds. The molecule has 6 heteroatoms. The van der Waals surface area contributed by atoms with E-state index in [4.69, 9.17) is 16.7 Å². The molecule has 16 heavy (non-hydrogen) atoms. The van der Waals surface area contributed by atoms with Crippen molar-refractivity contribution in [1.29, 1.82) is 0 Å². The first-order chi connectivity index (χ1) is 7.41. The number of phenols is 1. The molecule has 0 heterocycles. The topological polar surface area (TPSA) is 86.6 Å². The van der Waals surface area contributed by atoms with Gasteiger partial charge in [0.15, 0.2) is 0 Å². The largest absolute Gasteiger partial charge is 0.507 e. The predicted octanol–water partition coefficient (Wildman–Crippen LogP) is 1.66. The monoisotopic (exact) mass is 243 g/mol. The maximum atomic E-state index is 11.2. The van der Waals surface area contributed by atoms with Gasteiger partial charge in [-0.05, 0) is 25.1 Å². The average Bonchev–Trinajstić information content (AvgIpc) is 2.20. The highest BCUT2D eigenvalue weighted by Gasteiger charge is 2.13. The average molecular weight is 244 g/mol. The lowest BCUT2D eigenvalue weighted by atomic mass is 10.2. The van der Waals surface area contributed by atoms with Crippen LogP contribution in [0, 0.1) is 0 Å². The minimum absolute atomic E-state index is 0.271. The van der Waals surface area contributed by atoms with E-state index >= 15 is 0 Å². The number of alkyl halides is 1. The zero-order valence-corrected chi connectivity index (χ0v) is 9.15. The molecule has 0 aliphatic carbocycles. The van der Waals surface area contributed by atoms with Crippen LogP contribution in [-0.4, -0.2) is 27.5 Å². The third-order valence-electron chi connectivity index (χ3n) is 1.86. The summed E-state index contributed by atoms with van der Waals surface area (Å²) in [4.78, 5) is 21.9. The molecule has 1 aromatic rings. The van der Waals surface area contributed by atoms with Crippen molar-refractivity contribution in [3.63, 3.8) is 0 Å². The Balaban J connectivity index is 2.95. The van der Waals surface area contributed by atoms with Crippen LogP contribution in [0.1, 0.15) is 17.3 Å². The number of anilines is 1. The normalized spacial score (nSPS) is 11.9. The fraction of sp³-hybridized carbons (Fsp3) is 0.200. The summed E-state index contributed by atoms with van der Waals surface area (Å²) in [5.74, 6) is -2.07. The van der Waals surface area contributed by atoms with Gasteiger partial charge in [-0.15, -0.1) is 11.6 Å². The summed E-state index contributed by atoms with van der Waals surface area (Å²) in [5.41, 5.74) is -0.00674. The summed E-state index contributed by atoms with van der Waals surface area (Å²) in [6, 6.07) is 3.74. The van der Waals surface area contributed by atoms with Crippen LogP contribution in [0.4, 0.5) is 5.69 Å². The fourth-order valence-electron chi connectivity index (χ4n) is 1.03. The Morgan fingerprint density at radius 2 is 2.06 bits per heavy atom. The molecule has 1 aromatic carbocycles. The number of hydrogen-bond acceptors (Lipinski definition) is 3. The van der Waals surface area contributed by atoms with Crippen LogP contribution >= 0.6 is 11.6 Å². The second kappa shape index (κ2) is 4.85. The van der Waals surface area contributed by atoms with Crippen LogP contribution in [0.3, 0.4) is 0 Å². The van der Waals surface area contributed by atoms with E-state index in [1.807, 2.05) is 0 Å². The number of aromatic carboxylic acids is 1. The van der Waals surface area contributed by atoms with E-state index in [0.29, 0.717) is 0 Å². The molecule has 1 atom stereocenters. The quantitative estimate of drug-likeness (QED) is 0.557. The zero-order chi connectivity index (χ0) is 12.3. The minimum Gasteiger partial charge on any atom is -0.507 e. The Morgan fingerprint density at radius 3 is 2.56 bits per heavy atom. The van der Waals surface area contributed by atoms with Crippen LogP contribution in [0.5, 0.6) is 5.75 Å². The van der Waals surface area contributed by atoms with Gasteiger partial charge in [0.05, 0.1) is 0 Å². The van der Waals surface area contributed by atoms with E-state index in [1.165, 1.54) is 19.1 Å². The van der Waals surface area contributed by atoms with E-state index in [-0.39, 0.29) is 17.0 Å². The van der Waals surface area contributed by atoms with E-state index < -0.39 is 17.3 Å². The second-order valence-corrected chi connectivity index (χ2v) is 3.80. The molecular weight excluding hydrogens is 234 g/mol. The molecule has 0 saturated carbocycles. The van der Waals surface area contributed by atoms with E-state index in [0.717, 1.165) is 6.07 Å². The molecule has 0 radical (unpaired) electrons. The number of aromatic hydroxyl groups is 1. The van der Waals surface area contributed by atoms with Crippen molar-refractivity contribution in [2.45, 2.75) is 12.3 Å². The zero-order valence-electron chi connectivity index (χ0n) is 8.40. The van der Waals surface area contributed by atoms with Gasteiger partial charge in [0.2, 0.25) is 5.91 Å². The lowest BCUT2D eigenvalue weighted by Gasteiger charge is -2.07. The Morgan fingerprint density at radius 1 is 1.44 bits per heavy atom. The number of benzene rings is 1. The van der Waals surface area contributed by atoms with Crippen molar-refractivity contribution in [3.05, 3.63) is 23.8 Å². The van der Waals surface area contributed by atoms with Crippen LogP contribution < -0.4 is 5.32 Å². The van der Waals surface area contributed by atoms with Gasteiger partial charge in [-0.25, -0.2) is 4.79 Å².